The molecule has 2 atom stereocenters. The summed E-state index contributed by atoms with van der Waals surface area (Å²) in [6.07, 6.45) is 13.9. The molecule has 0 saturated heterocycles. The maximum atomic E-state index is 11.6. The molecule has 0 aliphatic heterocycles. The molecule has 0 spiro atoms. The molecule has 3 aromatic rings. The van der Waals surface area contributed by atoms with Gasteiger partial charge in [0.05, 0.1) is 21.6 Å². The maximum absolute atomic E-state index is 11.6. The van der Waals surface area contributed by atoms with Gasteiger partial charge in [-0.3, -0.25) is 20.2 Å². The highest BCUT2D eigenvalue weighted by atomic mass is 16.6. The quantitative estimate of drug-likeness (QED) is 0.0646. The van der Waals surface area contributed by atoms with Gasteiger partial charge in [0.25, 0.3) is 5.69 Å². The zero-order valence-corrected chi connectivity index (χ0v) is 28.3. The van der Waals surface area contributed by atoms with Gasteiger partial charge < -0.3 is 5.11 Å². The minimum Gasteiger partial charge on any atom is -0.507 e. The second-order valence-electron chi connectivity index (χ2n) is 13.3. The van der Waals surface area contributed by atoms with E-state index < -0.39 is 21.2 Å². The smallest absolute Gasteiger partial charge is 0.303 e. The van der Waals surface area contributed by atoms with Gasteiger partial charge in [0, 0.05) is 22.4 Å². The normalized spacial score (nSPS) is 13.5. The number of azo groups is 1. The van der Waals surface area contributed by atoms with E-state index in [4.69, 9.17) is 0 Å². The van der Waals surface area contributed by atoms with Crippen molar-refractivity contribution in [2.75, 3.05) is 0 Å². The Labute approximate surface area is 273 Å². The molecule has 0 aliphatic rings. The second-order valence-corrected chi connectivity index (χ2v) is 13.3. The lowest BCUT2D eigenvalue weighted by Gasteiger charge is -2.15. The Balaban J connectivity index is 1.68. The van der Waals surface area contributed by atoms with E-state index in [2.05, 4.69) is 50.9 Å². The van der Waals surface area contributed by atoms with Gasteiger partial charge in [0.1, 0.15) is 5.75 Å². The molecule has 248 valence electrons. The second kappa shape index (κ2) is 17.5. The minimum atomic E-state index is -0.709. The number of hydrogen-bond acceptors (Lipinski definition) is 7. The summed E-state index contributed by atoms with van der Waals surface area (Å²) in [6.45, 7) is 13.3. The number of hydrogen-bond donors (Lipinski definition) is 1. The first-order valence-electron chi connectivity index (χ1n) is 16.6. The van der Waals surface area contributed by atoms with E-state index in [9.17, 15) is 25.3 Å². The molecule has 3 rings (SSSR count). The number of nitro groups is 2. The van der Waals surface area contributed by atoms with Gasteiger partial charge in [0.2, 0.25) is 0 Å². The van der Waals surface area contributed by atoms with Crippen LogP contribution in [-0.4, -0.2) is 15.0 Å². The molecular formula is C37H50N4O5. The highest BCUT2D eigenvalue weighted by Crippen LogP contribution is 2.42. The Kier molecular flexibility index (Phi) is 13.8. The Morgan fingerprint density at radius 1 is 0.848 bits per heavy atom. The van der Waals surface area contributed by atoms with Crippen LogP contribution >= 0.6 is 0 Å². The molecule has 1 N–H and O–H groups in total. The van der Waals surface area contributed by atoms with Crippen molar-refractivity contribution in [2.45, 2.75) is 106 Å². The van der Waals surface area contributed by atoms with Crippen LogP contribution in [0.1, 0.15) is 104 Å². The first-order valence-corrected chi connectivity index (χ1v) is 16.6. The highest BCUT2D eigenvalue weighted by Gasteiger charge is 2.21. The third-order valence-electron chi connectivity index (χ3n) is 8.95. The maximum Gasteiger partial charge on any atom is 0.303 e. The molecular weight excluding hydrogens is 580 g/mol. The van der Waals surface area contributed by atoms with E-state index in [1.165, 1.54) is 62.7 Å². The molecule has 3 aromatic carbocycles. The van der Waals surface area contributed by atoms with Crippen LogP contribution < -0.4 is 0 Å². The number of aromatic hydroxyl groups is 1. The molecule has 0 aromatic heterocycles. The lowest BCUT2D eigenvalue weighted by atomic mass is 9.91. The Morgan fingerprint density at radius 3 is 2.07 bits per heavy atom. The predicted octanol–water partition coefficient (Wildman–Crippen LogP) is 12.0. The van der Waals surface area contributed by atoms with E-state index in [0.29, 0.717) is 28.8 Å². The summed E-state index contributed by atoms with van der Waals surface area (Å²) < 4.78 is 0. The Hall–Kier alpha value is -4.14. The summed E-state index contributed by atoms with van der Waals surface area (Å²) >= 11 is 0. The van der Waals surface area contributed by atoms with E-state index in [-0.39, 0.29) is 11.4 Å². The third-order valence-corrected chi connectivity index (χ3v) is 8.95. The van der Waals surface area contributed by atoms with Crippen molar-refractivity contribution >= 4 is 33.5 Å². The summed E-state index contributed by atoms with van der Waals surface area (Å²) in [5, 5.41) is 43.8. The first kappa shape index (κ1) is 36.3. The lowest BCUT2D eigenvalue weighted by molar-refractivity contribution is -0.393. The summed E-state index contributed by atoms with van der Waals surface area (Å²) in [6, 6.07) is 10.6. The fourth-order valence-electron chi connectivity index (χ4n) is 6.01. The molecule has 0 saturated carbocycles. The number of nitro benzene ring substituents is 2. The van der Waals surface area contributed by atoms with Gasteiger partial charge in [-0.25, -0.2) is 0 Å². The van der Waals surface area contributed by atoms with Crippen molar-refractivity contribution in [1.29, 1.82) is 0 Å². The van der Waals surface area contributed by atoms with Crippen molar-refractivity contribution in [3.63, 3.8) is 0 Å². The number of rotatable bonds is 18. The van der Waals surface area contributed by atoms with Crippen LogP contribution in [-0.2, 0) is 6.42 Å². The monoisotopic (exact) mass is 630 g/mol. The fourth-order valence-corrected chi connectivity index (χ4v) is 6.01. The predicted molar refractivity (Wildman–Crippen MR) is 186 cm³/mol. The van der Waals surface area contributed by atoms with E-state index in [0.717, 1.165) is 41.9 Å². The highest BCUT2D eigenvalue weighted by molar-refractivity contribution is 5.99. The number of fused-ring (bicyclic) bond motifs is 1. The largest absolute Gasteiger partial charge is 0.507 e. The molecule has 9 heteroatoms. The number of phenolic OH excluding ortho intramolecular Hbond substituents is 1. The number of non-ortho nitro benzene ring substituents is 1. The van der Waals surface area contributed by atoms with Gasteiger partial charge in [-0.1, -0.05) is 109 Å². The van der Waals surface area contributed by atoms with Crippen molar-refractivity contribution in [3.05, 3.63) is 85.5 Å². The standard InChI is InChI=1S/C37H50N4O5/c1-25(2)12-9-13-26(3)14-10-15-27(4)16-11-17-28(5)20-22-31-29(6)36(32-18-7-8-19-33(32)37(31)42)39-38-34-23-21-30(40(43)44)24-35(34)41(45)46/h7-8,18-21,23-27,42H,9-17,22H2,1-6H3. The van der Waals surface area contributed by atoms with Crippen LogP contribution in [0.4, 0.5) is 22.7 Å². The van der Waals surface area contributed by atoms with Gasteiger partial charge in [-0.15, -0.1) is 10.2 Å². The Morgan fingerprint density at radius 2 is 1.46 bits per heavy atom. The zero-order chi connectivity index (χ0) is 33.8. The molecule has 9 nitrogen and oxygen atoms in total. The number of allylic oxidation sites excluding steroid dienone is 2. The summed E-state index contributed by atoms with van der Waals surface area (Å²) in [5.74, 6) is 2.51. The summed E-state index contributed by atoms with van der Waals surface area (Å²) in [5.41, 5.74) is 2.22. The van der Waals surface area contributed by atoms with Crippen LogP contribution in [0.3, 0.4) is 0 Å². The summed E-state index contributed by atoms with van der Waals surface area (Å²) in [4.78, 5) is 21.3. The molecule has 0 aliphatic carbocycles. The summed E-state index contributed by atoms with van der Waals surface area (Å²) in [7, 11) is 0. The molecule has 0 bridgehead atoms. The molecule has 0 radical (unpaired) electrons. The average Bonchev–Trinajstić information content (AvgIpc) is 3.00. The minimum absolute atomic E-state index is 0.0881. The van der Waals surface area contributed by atoms with Gasteiger partial charge in [0.15, 0.2) is 5.69 Å². The van der Waals surface area contributed by atoms with Crippen molar-refractivity contribution < 1.29 is 15.0 Å². The molecule has 46 heavy (non-hydrogen) atoms. The van der Waals surface area contributed by atoms with Gasteiger partial charge >= 0.3 is 5.69 Å². The zero-order valence-electron chi connectivity index (χ0n) is 28.3. The molecule has 0 fully saturated rings. The molecule has 2 unspecified atom stereocenters. The first-order chi connectivity index (χ1) is 21.9. The topological polar surface area (TPSA) is 131 Å². The lowest BCUT2D eigenvalue weighted by Crippen LogP contribution is -2.00. The van der Waals surface area contributed by atoms with Crippen LogP contribution in [0, 0.1) is 44.9 Å². The van der Waals surface area contributed by atoms with Crippen LogP contribution in [0.25, 0.3) is 10.8 Å². The average molecular weight is 631 g/mol. The van der Waals surface area contributed by atoms with Crippen LogP contribution in [0.5, 0.6) is 5.75 Å². The van der Waals surface area contributed by atoms with Crippen molar-refractivity contribution in [3.8, 4) is 5.75 Å². The molecule has 0 heterocycles. The Bertz CT molecular complexity index is 1560. The van der Waals surface area contributed by atoms with Gasteiger partial charge in [-0.05, 0) is 62.5 Å². The van der Waals surface area contributed by atoms with Crippen LogP contribution in [0.15, 0.2) is 64.3 Å². The van der Waals surface area contributed by atoms with E-state index >= 15 is 0 Å². The van der Waals surface area contributed by atoms with Crippen molar-refractivity contribution in [1.82, 2.24) is 0 Å². The van der Waals surface area contributed by atoms with E-state index in [1.807, 2.05) is 31.2 Å². The number of phenols is 1. The fraction of sp³-hybridized carbons (Fsp3) is 0.514. The van der Waals surface area contributed by atoms with Gasteiger partial charge in [-0.2, -0.15) is 0 Å². The third kappa shape index (κ3) is 10.5. The molecule has 0 amide bonds. The van der Waals surface area contributed by atoms with Crippen LogP contribution in [0.2, 0.25) is 0 Å². The van der Waals surface area contributed by atoms with Crippen molar-refractivity contribution in [2.24, 2.45) is 28.0 Å². The SMILES string of the molecule is CC(=CCc1c(C)c(N=Nc2ccc([N+](=O)[O-])cc2[N+](=O)[O-])c2ccccc2c1O)CCCC(C)CCCC(C)CCCC(C)C. The van der Waals surface area contributed by atoms with E-state index in [1.54, 1.807) is 0 Å². The number of benzene rings is 3. The number of nitrogens with zero attached hydrogens (tertiary/aromatic N) is 4.